The van der Waals surface area contributed by atoms with Crippen molar-refractivity contribution in [3.8, 4) is 11.3 Å². The number of anilines is 1. The fourth-order valence-electron chi connectivity index (χ4n) is 2.55. The number of nitrogen functional groups attached to an aromatic ring is 1. The van der Waals surface area contributed by atoms with E-state index in [0.717, 1.165) is 22.3 Å². The van der Waals surface area contributed by atoms with Gasteiger partial charge in [0.05, 0.1) is 11.8 Å². The second kappa shape index (κ2) is 4.63. The number of rotatable bonds is 2. The van der Waals surface area contributed by atoms with Gasteiger partial charge in [-0.1, -0.05) is 38.1 Å². The average molecular weight is 266 g/mol. The molecule has 0 fully saturated rings. The molecule has 0 bridgehead atoms. The van der Waals surface area contributed by atoms with E-state index in [9.17, 15) is 0 Å². The number of nitrogens with two attached hydrogens (primary N) is 1. The zero-order chi connectivity index (χ0) is 14.3. The SMILES string of the molecule is CC(C)c1ccccc1-c1nc(N)cc2c1ncn2C. The quantitative estimate of drug-likeness (QED) is 0.774. The van der Waals surface area contributed by atoms with E-state index in [4.69, 9.17) is 5.73 Å². The molecule has 20 heavy (non-hydrogen) atoms. The van der Waals surface area contributed by atoms with Gasteiger partial charge >= 0.3 is 0 Å². The van der Waals surface area contributed by atoms with Crippen molar-refractivity contribution in [1.82, 2.24) is 14.5 Å². The Morgan fingerprint density at radius 3 is 2.70 bits per heavy atom. The summed E-state index contributed by atoms with van der Waals surface area (Å²) in [5, 5.41) is 0. The smallest absolute Gasteiger partial charge is 0.126 e. The van der Waals surface area contributed by atoms with E-state index in [0.29, 0.717) is 11.7 Å². The lowest BCUT2D eigenvalue weighted by Gasteiger charge is -2.13. The first-order valence-corrected chi connectivity index (χ1v) is 6.74. The van der Waals surface area contributed by atoms with E-state index in [1.54, 1.807) is 6.33 Å². The van der Waals surface area contributed by atoms with E-state index in [1.165, 1.54) is 5.56 Å². The first kappa shape index (κ1) is 12.7. The lowest BCUT2D eigenvalue weighted by Crippen LogP contribution is -1.98. The van der Waals surface area contributed by atoms with E-state index < -0.39 is 0 Å². The summed E-state index contributed by atoms with van der Waals surface area (Å²) in [6, 6.07) is 10.2. The molecule has 0 unspecified atom stereocenters. The molecule has 3 rings (SSSR count). The normalized spacial score (nSPS) is 11.4. The van der Waals surface area contributed by atoms with Crippen molar-refractivity contribution in [2.24, 2.45) is 7.05 Å². The van der Waals surface area contributed by atoms with Crippen LogP contribution in [-0.4, -0.2) is 14.5 Å². The summed E-state index contributed by atoms with van der Waals surface area (Å²) in [7, 11) is 1.97. The summed E-state index contributed by atoms with van der Waals surface area (Å²) in [4.78, 5) is 9.01. The number of fused-ring (bicyclic) bond motifs is 1. The minimum absolute atomic E-state index is 0.424. The number of aryl methyl sites for hydroxylation is 1. The van der Waals surface area contributed by atoms with Gasteiger partial charge in [-0.2, -0.15) is 0 Å². The van der Waals surface area contributed by atoms with E-state index >= 15 is 0 Å². The molecule has 0 aliphatic heterocycles. The Morgan fingerprint density at radius 1 is 1.20 bits per heavy atom. The molecule has 0 amide bonds. The van der Waals surface area contributed by atoms with Crippen molar-refractivity contribution in [1.29, 1.82) is 0 Å². The summed E-state index contributed by atoms with van der Waals surface area (Å²) in [5.41, 5.74) is 11.1. The van der Waals surface area contributed by atoms with Gasteiger partial charge in [0, 0.05) is 18.7 Å². The lowest BCUT2D eigenvalue weighted by molar-refractivity contribution is 0.868. The van der Waals surface area contributed by atoms with Gasteiger partial charge in [0.2, 0.25) is 0 Å². The third-order valence-electron chi connectivity index (χ3n) is 3.57. The van der Waals surface area contributed by atoms with Crippen LogP contribution in [0.3, 0.4) is 0 Å². The Labute approximate surface area is 118 Å². The highest BCUT2D eigenvalue weighted by molar-refractivity contribution is 5.92. The number of hydrogen-bond donors (Lipinski definition) is 1. The summed E-state index contributed by atoms with van der Waals surface area (Å²) in [5.74, 6) is 0.947. The van der Waals surface area contributed by atoms with Gasteiger partial charge in [0.25, 0.3) is 0 Å². The van der Waals surface area contributed by atoms with Crippen molar-refractivity contribution >= 4 is 16.9 Å². The third kappa shape index (κ3) is 1.93. The van der Waals surface area contributed by atoms with Gasteiger partial charge in [-0.05, 0) is 11.5 Å². The van der Waals surface area contributed by atoms with Crippen molar-refractivity contribution in [2.75, 3.05) is 5.73 Å². The molecule has 0 atom stereocenters. The minimum Gasteiger partial charge on any atom is -0.384 e. The Bertz CT molecular complexity index is 771. The number of hydrogen-bond acceptors (Lipinski definition) is 3. The van der Waals surface area contributed by atoms with Gasteiger partial charge in [-0.3, -0.25) is 0 Å². The van der Waals surface area contributed by atoms with Crippen LogP contribution < -0.4 is 5.73 Å². The Morgan fingerprint density at radius 2 is 1.95 bits per heavy atom. The summed E-state index contributed by atoms with van der Waals surface area (Å²) < 4.78 is 1.97. The summed E-state index contributed by atoms with van der Waals surface area (Å²) in [6.45, 7) is 4.36. The van der Waals surface area contributed by atoms with Gasteiger partial charge in [0.15, 0.2) is 0 Å². The predicted molar refractivity (Wildman–Crippen MR) is 82.4 cm³/mol. The van der Waals surface area contributed by atoms with Gasteiger partial charge in [-0.25, -0.2) is 9.97 Å². The Balaban J connectivity index is 2.35. The molecule has 2 heterocycles. The Hall–Kier alpha value is -2.36. The molecule has 102 valence electrons. The van der Waals surface area contributed by atoms with E-state index in [2.05, 4.69) is 42.0 Å². The fraction of sp³-hybridized carbons (Fsp3) is 0.250. The second-order valence-corrected chi connectivity index (χ2v) is 5.36. The Kier molecular flexibility index (Phi) is 2.93. The van der Waals surface area contributed by atoms with Crippen molar-refractivity contribution in [3.63, 3.8) is 0 Å². The van der Waals surface area contributed by atoms with Crippen LogP contribution >= 0.6 is 0 Å². The average Bonchev–Trinajstić information content (AvgIpc) is 2.79. The maximum absolute atomic E-state index is 5.96. The number of pyridine rings is 1. The van der Waals surface area contributed by atoms with Crippen LogP contribution in [0.2, 0.25) is 0 Å². The highest BCUT2D eigenvalue weighted by atomic mass is 15.0. The molecular formula is C16H18N4. The van der Waals surface area contributed by atoms with Crippen molar-refractivity contribution in [3.05, 3.63) is 42.2 Å². The minimum atomic E-state index is 0.424. The van der Waals surface area contributed by atoms with Crippen LogP contribution in [0.4, 0.5) is 5.82 Å². The molecule has 0 radical (unpaired) electrons. The number of nitrogens with zero attached hydrogens (tertiary/aromatic N) is 3. The lowest BCUT2D eigenvalue weighted by atomic mass is 9.94. The van der Waals surface area contributed by atoms with Crippen LogP contribution in [0, 0.1) is 0 Å². The van der Waals surface area contributed by atoms with Crippen molar-refractivity contribution in [2.45, 2.75) is 19.8 Å². The number of benzene rings is 1. The first-order chi connectivity index (χ1) is 9.58. The molecule has 4 heteroatoms. The van der Waals surface area contributed by atoms with E-state index in [-0.39, 0.29) is 0 Å². The largest absolute Gasteiger partial charge is 0.384 e. The molecular weight excluding hydrogens is 248 g/mol. The van der Waals surface area contributed by atoms with Crippen LogP contribution in [0.5, 0.6) is 0 Å². The standard InChI is InChI=1S/C16H18N4/c1-10(2)11-6-4-5-7-12(11)15-16-13(8-14(17)19-15)20(3)9-18-16/h4-10H,1-3H3,(H2,17,19). The molecule has 2 N–H and O–H groups in total. The third-order valence-corrected chi connectivity index (χ3v) is 3.57. The van der Waals surface area contributed by atoms with Crippen LogP contribution in [-0.2, 0) is 7.05 Å². The molecule has 0 saturated carbocycles. The summed E-state index contributed by atoms with van der Waals surface area (Å²) in [6.07, 6.45) is 1.80. The summed E-state index contributed by atoms with van der Waals surface area (Å²) >= 11 is 0. The highest BCUT2D eigenvalue weighted by Crippen LogP contribution is 2.32. The van der Waals surface area contributed by atoms with Crippen LogP contribution in [0.15, 0.2) is 36.7 Å². The molecule has 3 aromatic rings. The molecule has 2 aromatic heterocycles. The maximum Gasteiger partial charge on any atom is 0.126 e. The zero-order valence-corrected chi connectivity index (χ0v) is 12.0. The van der Waals surface area contributed by atoms with E-state index in [1.807, 2.05) is 23.7 Å². The topological polar surface area (TPSA) is 56.7 Å². The molecule has 0 aliphatic rings. The van der Waals surface area contributed by atoms with Gasteiger partial charge in [0.1, 0.15) is 17.0 Å². The number of imidazole rings is 1. The molecule has 4 nitrogen and oxygen atoms in total. The highest BCUT2D eigenvalue weighted by Gasteiger charge is 2.15. The predicted octanol–water partition coefficient (Wildman–Crippen LogP) is 3.34. The van der Waals surface area contributed by atoms with Crippen LogP contribution in [0.1, 0.15) is 25.3 Å². The van der Waals surface area contributed by atoms with Crippen molar-refractivity contribution < 1.29 is 0 Å². The zero-order valence-electron chi connectivity index (χ0n) is 12.0. The first-order valence-electron chi connectivity index (χ1n) is 6.74. The maximum atomic E-state index is 5.96. The second-order valence-electron chi connectivity index (χ2n) is 5.36. The van der Waals surface area contributed by atoms with Gasteiger partial charge < -0.3 is 10.3 Å². The molecule has 0 spiro atoms. The molecule has 0 aliphatic carbocycles. The van der Waals surface area contributed by atoms with Gasteiger partial charge in [-0.15, -0.1) is 0 Å². The van der Waals surface area contributed by atoms with Crippen LogP contribution in [0.25, 0.3) is 22.3 Å². The monoisotopic (exact) mass is 266 g/mol. The number of aromatic nitrogens is 3. The molecule has 1 aromatic carbocycles. The fourth-order valence-corrected chi connectivity index (χ4v) is 2.55. The molecule has 0 saturated heterocycles.